The van der Waals surface area contributed by atoms with Gasteiger partial charge >= 0.3 is 0 Å². The summed E-state index contributed by atoms with van der Waals surface area (Å²) in [6, 6.07) is 0. The standard InChI is InChI=1S/C5H8F3/c6-3-1-2-5(8)4-7/h4-5H,1-3H2. The van der Waals surface area contributed by atoms with Gasteiger partial charge < -0.3 is 0 Å². The molecule has 0 saturated heterocycles. The van der Waals surface area contributed by atoms with Crippen LogP contribution in [0.15, 0.2) is 0 Å². The highest BCUT2D eigenvalue weighted by atomic mass is 19.2. The van der Waals surface area contributed by atoms with E-state index in [4.69, 9.17) is 0 Å². The van der Waals surface area contributed by atoms with Gasteiger partial charge in [0.1, 0.15) is 6.17 Å². The van der Waals surface area contributed by atoms with Crippen molar-refractivity contribution in [2.24, 2.45) is 0 Å². The largest absolute Gasteiger partial charge is 0.251 e. The molecule has 49 valence electrons. The number of rotatable bonds is 4. The average molecular weight is 125 g/mol. The van der Waals surface area contributed by atoms with E-state index in [-0.39, 0.29) is 19.5 Å². The molecule has 0 aliphatic rings. The van der Waals surface area contributed by atoms with Crippen molar-refractivity contribution < 1.29 is 13.2 Å². The zero-order chi connectivity index (χ0) is 6.41. The molecule has 0 bridgehead atoms. The van der Waals surface area contributed by atoms with Crippen molar-refractivity contribution in [1.82, 2.24) is 0 Å². The first-order chi connectivity index (χ1) is 3.81. The van der Waals surface area contributed by atoms with Crippen LogP contribution in [0.4, 0.5) is 13.2 Å². The van der Waals surface area contributed by atoms with Gasteiger partial charge in [-0.2, -0.15) is 0 Å². The van der Waals surface area contributed by atoms with Gasteiger partial charge in [0.25, 0.3) is 0 Å². The van der Waals surface area contributed by atoms with E-state index < -0.39 is 12.8 Å². The molecule has 0 aromatic heterocycles. The number of halogens is 3. The molecule has 8 heavy (non-hydrogen) atoms. The minimum Gasteiger partial charge on any atom is -0.251 e. The Morgan fingerprint density at radius 1 is 1.50 bits per heavy atom. The Bertz CT molecular complexity index is 46.9. The van der Waals surface area contributed by atoms with Crippen LogP contribution in [0.2, 0.25) is 0 Å². The molecule has 1 atom stereocenters. The molecule has 0 aromatic carbocycles. The molecule has 0 saturated carbocycles. The van der Waals surface area contributed by atoms with Crippen molar-refractivity contribution in [2.75, 3.05) is 6.67 Å². The molecular weight excluding hydrogens is 117 g/mol. The van der Waals surface area contributed by atoms with E-state index in [1.165, 1.54) is 0 Å². The SMILES string of the molecule is F[CH]C(F)CCCF. The Morgan fingerprint density at radius 2 is 2.12 bits per heavy atom. The van der Waals surface area contributed by atoms with Gasteiger partial charge in [0.05, 0.1) is 6.67 Å². The van der Waals surface area contributed by atoms with Gasteiger partial charge in [0.15, 0.2) is 6.67 Å². The first-order valence-electron chi connectivity index (χ1n) is 2.45. The highest BCUT2D eigenvalue weighted by Gasteiger charge is 2.03. The third-order valence-electron chi connectivity index (χ3n) is 0.750. The minimum atomic E-state index is -1.58. The average Bonchev–Trinajstić information content (AvgIpc) is 1.83. The van der Waals surface area contributed by atoms with E-state index in [1.807, 2.05) is 0 Å². The maximum Gasteiger partial charge on any atom is 0.165 e. The molecule has 1 unspecified atom stereocenters. The van der Waals surface area contributed by atoms with E-state index >= 15 is 0 Å². The summed E-state index contributed by atoms with van der Waals surface area (Å²) in [7, 11) is 0. The summed E-state index contributed by atoms with van der Waals surface area (Å²) in [5.74, 6) is 0. The van der Waals surface area contributed by atoms with Crippen LogP contribution in [0.1, 0.15) is 12.8 Å². The van der Waals surface area contributed by atoms with Crippen LogP contribution in [0.5, 0.6) is 0 Å². The van der Waals surface area contributed by atoms with Crippen molar-refractivity contribution in [3.8, 4) is 0 Å². The van der Waals surface area contributed by atoms with Crippen molar-refractivity contribution in [2.45, 2.75) is 19.0 Å². The first kappa shape index (κ1) is 7.79. The second-order valence-electron chi connectivity index (χ2n) is 1.47. The fourth-order valence-corrected chi connectivity index (χ4v) is 0.335. The van der Waals surface area contributed by atoms with Crippen LogP contribution in [0, 0.1) is 6.67 Å². The molecule has 0 aliphatic carbocycles. The van der Waals surface area contributed by atoms with E-state index in [9.17, 15) is 13.2 Å². The topological polar surface area (TPSA) is 0 Å². The molecule has 0 rings (SSSR count). The van der Waals surface area contributed by atoms with E-state index in [1.54, 1.807) is 0 Å². The number of hydrogen-bond donors (Lipinski definition) is 0. The molecule has 0 nitrogen and oxygen atoms in total. The fourth-order valence-electron chi connectivity index (χ4n) is 0.335. The van der Waals surface area contributed by atoms with Gasteiger partial charge in [-0.25, -0.2) is 8.78 Å². The summed E-state index contributed by atoms with van der Waals surface area (Å²) < 4.78 is 34.0. The van der Waals surface area contributed by atoms with Gasteiger partial charge in [-0.1, -0.05) is 0 Å². The predicted octanol–water partition coefficient (Wildman–Crippen LogP) is 2.21. The lowest BCUT2D eigenvalue weighted by Gasteiger charge is -1.96. The Hall–Kier alpha value is -0.210. The predicted molar refractivity (Wildman–Crippen MR) is 25.5 cm³/mol. The van der Waals surface area contributed by atoms with Crippen molar-refractivity contribution in [3.05, 3.63) is 6.67 Å². The highest BCUT2D eigenvalue weighted by Crippen LogP contribution is 2.05. The maximum absolute atomic E-state index is 11.7. The molecule has 3 heteroatoms. The first-order valence-corrected chi connectivity index (χ1v) is 2.45. The van der Waals surface area contributed by atoms with E-state index in [0.717, 1.165) is 0 Å². The van der Waals surface area contributed by atoms with Gasteiger partial charge in [-0.3, -0.25) is 4.39 Å². The molecule has 1 radical (unpaired) electrons. The lowest BCUT2D eigenvalue weighted by Crippen LogP contribution is -1.96. The second-order valence-corrected chi connectivity index (χ2v) is 1.47. The number of hydrogen-bond acceptors (Lipinski definition) is 0. The van der Waals surface area contributed by atoms with Crippen LogP contribution in [0.3, 0.4) is 0 Å². The normalized spacial score (nSPS) is 13.9. The zero-order valence-corrected chi connectivity index (χ0v) is 4.41. The molecule has 0 N–H and O–H groups in total. The number of alkyl halides is 2. The summed E-state index contributed by atoms with van der Waals surface area (Å²) in [5, 5.41) is 0. The molecular formula is C5H8F3. The van der Waals surface area contributed by atoms with E-state index in [2.05, 4.69) is 0 Å². The zero-order valence-electron chi connectivity index (χ0n) is 4.41. The monoisotopic (exact) mass is 125 g/mol. The van der Waals surface area contributed by atoms with Gasteiger partial charge in [-0.05, 0) is 12.8 Å². The quantitative estimate of drug-likeness (QED) is 0.540. The Balaban J connectivity index is 2.86. The molecule has 0 fully saturated rings. The van der Waals surface area contributed by atoms with Crippen molar-refractivity contribution in [3.63, 3.8) is 0 Å². The van der Waals surface area contributed by atoms with Crippen molar-refractivity contribution >= 4 is 0 Å². The van der Waals surface area contributed by atoms with Crippen molar-refractivity contribution in [1.29, 1.82) is 0 Å². The molecule has 0 heterocycles. The summed E-state index contributed by atoms with van der Waals surface area (Å²) >= 11 is 0. The van der Waals surface area contributed by atoms with Crippen LogP contribution < -0.4 is 0 Å². The Kier molecular flexibility index (Phi) is 4.81. The third-order valence-corrected chi connectivity index (χ3v) is 0.750. The van der Waals surface area contributed by atoms with Crippen LogP contribution >= 0.6 is 0 Å². The second kappa shape index (κ2) is 4.94. The molecule has 0 amide bonds. The van der Waals surface area contributed by atoms with E-state index in [0.29, 0.717) is 0 Å². The lowest BCUT2D eigenvalue weighted by molar-refractivity contribution is 0.285. The summed E-state index contributed by atoms with van der Waals surface area (Å²) in [5.41, 5.74) is 0. The van der Waals surface area contributed by atoms with Gasteiger partial charge in [0, 0.05) is 0 Å². The molecule has 0 aliphatic heterocycles. The van der Waals surface area contributed by atoms with Crippen LogP contribution in [-0.4, -0.2) is 12.8 Å². The third kappa shape index (κ3) is 3.96. The Morgan fingerprint density at radius 3 is 2.50 bits per heavy atom. The van der Waals surface area contributed by atoms with Gasteiger partial charge in [0.2, 0.25) is 0 Å². The van der Waals surface area contributed by atoms with Crippen LogP contribution in [0.25, 0.3) is 0 Å². The van der Waals surface area contributed by atoms with Crippen LogP contribution in [-0.2, 0) is 0 Å². The maximum atomic E-state index is 11.7. The summed E-state index contributed by atoms with van der Waals surface area (Å²) in [4.78, 5) is 0. The smallest absolute Gasteiger partial charge is 0.165 e. The fraction of sp³-hybridized carbons (Fsp3) is 0.800. The van der Waals surface area contributed by atoms with Gasteiger partial charge in [-0.15, -0.1) is 0 Å². The molecule has 0 spiro atoms. The summed E-state index contributed by atoms with van der Waals surface area (Å²) in [6.07, 6.45) is -1.53. The Labute approximate surface area is 46.7 Å². The minimum absolute atomic E-state index is 0.0486. The summed E-state index contributed by atoms with van der Waals surface area (Å²) in [6.45, 7) is -0.635. The lowest BCUT2D eigenvalue weighted by atomic mass is 10.2. The molecule has 0 aromatic rings. The highest BCUT2D eigenvalue weighted by molar-refractivity contribution is 4.62.